The van der Waals surface area contributed by atoms with Gasteiger partial charge >= 0.3 is 0 Å². The molecule has 2 heterocycles. The van der Waals surface area contributed by atoms with Crippen LogP contribution in [-0.4, -0.2) is 9.78 Å². The molecule has 0 bridgehead atoms. The Labute approximate surface area is 134 Å². The van der Waals surface area contributed by atoms with E-state index in [0.717, 1.165) is 26.2 Å². The van der Waals surface area contributed by atoms with Crippen molar-refractivity contribution in [1.29, 1.82) is 0 Å². The topological polar surface area (TPSA) is 43.8 Å². The highest BCUT2D eigenvalue weighted by Crippen LogP contribution is 2.41. The minimum absolute atomic E-state index is 0.657. The van der Waals surface area contributed by atoms with Gasteiger partial charge in [-0.1, -0.05) is 39.7 Å². The van der Waals surface area contributed by atoms with Crippen LogP contribution in [0, 0.1) is 0 Å². The molecule has 0 radical (unpaired) electrons. The molecule has 0 aliphatic heterocycles. The van der Waals surface area contributed by atoms with E-state index in [0.29, 0.717) is 10.8 Å². The lowest BCUT2D eigenvalue weighted by Crippen LogP contribution is -1.97. The first-order valence-electron chi connectivity index (χ1n) is 5.89. The number of aryl methyl sites for hydroxylation is 1. The number of nitrogens with two attached hydrogens (primary N) is 1. The first kappa shape index (κ1) is 13.7. The van der Waals surface area contributed by atoms with Gasteiger partial charge in [-0.05, 0) is 23.6 Å². The maximum atomic E-state index is 6.18. The van der Waals surface area contributed by atoms with Gasteiger partial charge in [0.1, 0.15) is 11.5 Å². The van der Waals surface area contributed by atoms with Gasteiger partial charge in [0.05, 0.1) is 5.56 Å². The Morgan fingerprint density at radius 1 is 1.35 bits per heavy atom. The van der Waals surface area contributed by atoms with Gasteiger partial charge in [0.15, 0.2) is 0 Å². The van der Waals surface area contributed by atoms with Gasteiger partial charge in [0.2, 0.25) is 0 Å². The van der Waals surface area contributed by atoms with E-state index in [1.54, 1.807) is 16.0 Å². The van der Waals surface area contributed by atoms with Gasteiger partial charge in [-0.25, -0.2) is 0 Å². The second kappa shape index (κ2) is 5.24. The van der Waals surface area contributed by atoms with Crippen molar-refractivity contribution in [2.45, 2.75) is 0 Å². The maximum Gasteiger partial charge on any atom is 0.130 e. The molecule has 0 saturated carbocycles. The number of nitrogen functional groups attached to an aromatic ring is 1. The van der Waals surface area contributed by atoms with Crippen LogP contribution < -0.4 is 5.73 Å². The number of hydrogen-bond donors (Lipinski definition) is 1. The zero-order chi connectivity index (χ0) is 14.3. The summed E-state index contributed by atoms with van der Waals surface area (Å²) in [5, 5.41) is 7.26. The Kier molecular flexibility index (Phi) is 3.58. The van der Waals surface area contributed by atoms with E-state index in [9.17, 15) is 0 Å². The first-order chi connectivity index (χ1) is 9.58. The third-order valence-corrected chi connectivity index (χ3v) is 4.82. The van der Waals surface area contributed by atoms with Crippen LogP contribution in [-0.2, 0) is 7.05 Å². The molecule has 3 nitrogen and oxygen atoms in total. The van der Waals surface area contributed by atoms with Crippen LogP contribution >= 0.6 is 38.9 Å². The number of halogens is 2. The van der Waals surface area contributed by atoms with Crippen LogP contribution in [0.4, 0.5) is 5.82 Å². The van der Waals surface area contributed by atoms with Crippen LogP contribution in [0.3, 0.4) is 0 Å². The van der Waals surface area contributed by atoms with Crippen LogP contribution in [0.15, 0.2) is 40.2 Å². The van der Waals surface area contributed by atoms with Crippen molar-refractivity contribution in [3.8, 4) is 21.7 Å². The molecule has 0 aliphatic rings. The van der Waals surface area contributed by atoms with Gasteiger partial charge in [-0.3, -0.25) is 4.68 Å². The van der Waals surface area contributed by atoms with Crippen molar-refractivity contribution in [3.63, 3.8) is 0 Å². The second-order valence-corrected chi connectivity index (χ2v) is 6.57. The Morgan fingerprint density at radius 3 is 2.80 bits per heavy atom. The highest BCUT2D eigenvalue weighted by Gasteiger charge is 2.19. The molecule has 0 aliphatic carbocycles. The molecule has 20 heavy (non-hydrogen) atoms. The van der Waals surface area contributed by atoms with Gasteiger partial charge in [-0.2, -0.15) is 5.10 Å². The van der Waals surface area contributed by atoms with E-state index in [1.807, 2.05) is 42.8 Å². The quantitative estimate of drug-likeness (QED) is 0.705. The Balaban J connectivity index is 2.27. The largest absolute Gasteiger partial charge is 0.383 e. The fraction of sp³-hybridized carbons (Fsp3) is 0.0714. The summed E-state index contributed by atoms with van der Waals surface area (Å²) in [6.45, 7) is 0. The van der Waals surface area contributed by atoms with Crippen molar-refractivity contribution in [3.05, 3.63) is 45.2 Å². The van der Waals surface area contributed by atoms with E-state index in [2.05, 4.69) is 21.0 Å². The molecule has 3 aromatic rings. The zero-order valence-corrected chi connectivity index (χ0v) is 13.8. The minimum atomic E-state index is 0.657. The van der Waals surface area contributed by atoms with E-state index < -0.39 is 0 Å². The molecule has 6 heteroatoms. The average molecular weight is 369 g/mol. The highest BCUT2D eigenvalue weighted by molar-refractivity contribution is 9.10. The molecule has 0 fully saturated rings. The molecule has 1 aromatic carbocycles. The van der Waals surface area contributed by atoms with Crippen LogP contribution in [0.1, 0.15) is 0 Å². The molecule has 102 valence electrons. The van der Waals surface area contributed by atoms with Gasteiger partial charge in [0.25, 0.3) is 0 Å². The summed E-state index contributed by atoms with van der Waals surface area (Å²) in [7, 11) is 1.85. The Morgan fingerprint density at radius 2 is 2.15 bits per heavy atom. The van der Waals surface area contributed by atoms with Crippen molar-refractivity contribution in [2.75, 3.05) is 5.73 Å². The zero-order valence-electron chi connectivity index (χ0n) is 10.6. The standard InChI is InChI=1S/C14H11BrClN3S/c1-19-14(17)12(11-3-2-6-20-11)13(18-19)9-5-4-8(16)7-10(9)15/h2-7H,17H2,1H3. The number of nitrogens with zero attached hydrogens (tertiary/aromatic N) is 2. The van der Waals surface area contributed by atoms with Gasteiger partial charge in [-0.15, -0.1) is 11.3 Å². The third kappa shape index (κ3) is 2.26. The summed E-state index contributed by atoms with van der Waals surface area (Å²) in [6, 6.07) is 9.72. The summed E-state index contributed by atoms with van der Waals surface area (Å²) in [5.74, 6) is 0.657. The Bertz CT molecular complexity index is 765. The van der Waals surface area contributed by atoms with Crippen LogP contribution in [0.2, 0.25) is 5.02 Å². The summed E-state index contributed by atoms with van der Waals surface area (Å²) in [6.07, 6.45) is 0. The van der Waals surface area contributed by atoms with E-state index in [-0.39, 0.29) is 0 Å². The predicted molar refractivity (Wildman–Crippen MR) is 89.1 cm³/mol. The van der Waals surface area contributed by atoms with Crippen molar-refractivity contribution >= 4 is 44.7 Å². The molecular formula is C14H11BrClN3S. The lowest BCUT2D eigenvalue weighted by Gasteiger charge is -2.04. The van der Waals surface area contributed by atoms with E-state index in [1.165, 1.54) is 0 Å². The number of benzene rings is 1. The third-order valence-electron chi connectivity index (χ3n) is 3.05. The van der Waals surface area contributed by atoms with Crippen LogP contribution in [0.25, 0.3) is 21.7 Å². The monoisotopic (exact) mass is 367 g/mol. The molecular weight excluding hydrogens is 358 g/mol. The lowest BCUT2D eigenvalue weighted by molar-refractivity contribution is 0.782. The van der Waals surface area contributed by atoms with E-state index >= 15 is 0 Å². The van der Waals surface area contributed by atoms with Gasteiger partial charge < -0.3 is 5.73 Å². The minimum Gasteiger partial charge on any atom is -0.383 e. The maximum absolute atomic E-state index is 6.18. The first-order valence-corrected chi connectivity index (χ1v) is 7.94. The summed E-state index contributed by atoms with van der Waals surface area (Å²) < 4.78 is 2.60. The summed E-state index contributed by atoms with van der Waals surface area (Å²) in [4.78, 5) is 1.10. The number of thiophene rings is 1. The molecule has 0 unspecified atom stereocenters. The van der Waals surface area contributed by atoms with Crippen molar-refractivity contribution < 1.29 is 0 Å². The highest BCUT2D eigenvalue weighted by atomic mass is 79.9. The molecule has 0 atom stereocenters. The molecule has 3 rings (SSSR count). The van der Waals surface area contributed by atoms with E-state index in [4.69, 9.17) is 17.3 Å². The molecule has 0 saturated heterocycles. The number of hydrogen-bond acceptors (Lipinski definition) is 3. The number of rotatable bonds is 2. The van der Waals surface area contributed by atoms with Gasteiger partial charge in [0, 0.05) is 27.0 Å². The fourth-order valence-corrected chi connectivity index (χ4v) is 3.72. The number of anilines is 1. The Hall–Kier alpha value is -1.30. The van der Waals surface area contributed by atoms with Crippen molar-refractivity contribution in [1.82, 2.24) is 9.78 Å². The molecule has 2 N–H and O–H groups in total. The molecule has 0 amide bonds. The number of aromatic nitrogens is 2. The summed E-state index contributed by atoms with van der Waals surface area (Å²) >= 11 is 11.2. The van der Waals surface area contributed by atoms with Crippen molar-refractivity contribution in [2.24, 2.45) is 7.05 Å². The predicted octanol–water partition coefficient (Wildman–Crippen LogP) is 4.81. The SMILES string of the molecule is Cn1nc(-c2ccc(Cl)cc2Br)c(-c2cccs2)c1N. The molecule has 0 spiro atoms. The fourth-order valence-electron chi connectivity index (χ4n) is 2.07. The van der Waals surface area contributed by atoms with Crippen LogP contribution in [0.5, 0.6) is 0 Å². The molecule has 2 aromatic heterocycles. The smallest absolute Gasteiger partial charge is 0.130 e. The summed E-state index contributed by atoms with van der Waals surface area (Å²) in [5.41, 5.74) is 8.98. The average Bonchev–Trinajstić information content (AvgIpc) is 2.99. The second-order valence-electron chi connectivity index (χ2n) is 4.33. The lowest BCUT2D eigenvalue weighted by atomic mass is 10.1. The normalized spacial score (nSPS) is 10.9.